The number of aryl methyl sites for hydroxylation is 1. The molecule has 1 atom stereocenters. The number of rotatable bonds is 4. The second-order valence-corrected chi connectivity index (χ2v) is 10.6. The van der Waals surface area contributed by atoms with Crippen LogP contribution in [0.4, 0.5) is 0 Å². The third-order valence-electron chi connectivity index (χ3n) is 7.34. The van der Waals surface area contributed by atoms with E-state index in [1.807, 2.05) is 11.9 Å². The van der Waals surface area contributed by atoms with Crippen LogP contribution in [0, 0.1) is 5.92 Å². The van der Waals surface area contributed by atoms with Gasteiger partial charge in [0.15, 0.2) is 5.69 Å². The van der Waals surface area contributed by atoms with Crippen LogP contribution < -0.4 is 5.32 Å². The van der Waals surface area contributed by atoms with E-state index in [0.29, 0.717) is 49.7 Å². The third kappa shape index (κ3) is 6.05. The molecule has 2 aromatic heterocycles. The minimum absolute atomic E-state index is 0.0746. The van der Waals surface area contributed by atoms with Crippen molar-refractivity contribution in [1.29, 1.82) is 0 Å². The Hall–Kier alpha value is -3.70. The van der Waals surface area contributed by atoms with E-state index in [1.165, 1.54) is 22.3 Å². The van der Waals surface area contributed by atoms with Crippen LogP contribution in [0.1, 0.15) is 65.3 Å². The Labute approximate surface area is 222 Å². The molecule has 0 saturated heterocycles. The fraction of sp³-hybridized carbons (Fsp3) is 0.615. The van der Waals surface area contributed by atoms with Crippen LogP contribution in [-0.4, -0.2) is 104 Å². The lowest BCUT2D eigenvalue weighted by molar-refractivity contribution is -0.134. The van der Waals surface area contributed by atoms with E-state index in [9.17, 15) is 19.2 Å². The van der Waals surface area contributed by atoms with Crippen LogP contribution in [-0.2, 0) is 29.5 Å². The van der Waals surface area contributed by atoms with Crippen molar-refractivity contribution in [2.75, 3.05) is 39.8 Å². The summed E-state index contributed by atoms with van der Waals surface area (Å²) in [6.07, 6.45) is 6.10. The molecule has 12 nitrogen and oxygen atoms in total. The Balaban J connectivity index is 1.68. The molecular weight excluding hydrogens is 488 g/mol. The number of carbonyl (C=O) groups excluding carboxylic acids is 4. The second kappa shape index (κ2) is 11.8. The highest BCUT2D eigenvalue weighted by molar-refractivity contribution is 5.96. The largest absolute Gasteiger partial charge is 0.354 e. The lowest BCUT2D eigenvalue weighted by Crippen LogP contribution is -2.50. The summed E-state index contributed by atoms with van der Waals surface area (Å²) in [6, 6.07) is -0.116. The number of likely N-dealkylation sites (N-methyl/N-ethyl adjacent to an activating group) is 1. The zero-order chi connectivity index (χ0) is 27.4. The molecule has 2 aromatic rings. The van der Waals surface area contributed by atoms with Gasteiger partial charge in [0.25, 0.3) is 11.8 Å². The molecule has 3 heterocycles. The molecule has 12 heteroatoms. The third-order valence-corrected chi connectivity index (χ3v) is 7.34. The summed E-state index contributed by atoms with van der Waals surface area (Å²) in [5, 5.41) is 7.33. The monoisotopic (exact) mass is 526 g/mol. The first-order chi connectivity index (χ1) is 18.2. The highest BCUT2D eigenvalue weighted by Gasteiger charge is 2.35. The van der Waals surface area contributed by atoms with Crippen LogP contribution in [0.3, 0.4) is 0 Å². The number of hydrogen-bond acceptors (Lipinski definition) is 6. The molecule has 2 N–H and O–H groups in total. The summed E-state index contributed by atoms with van der Waals surface area (Å²) >= 11 is 0. The number of amides is 4. The van der Waals surface area contributed by atoms with E-state index in [0.717, 1.165) is 24.1 Å². The SMILES string of the molecule is CC(C)CCN1C(=O)CN(C(=O)c2cnc[nH]2)CCCNC(=O)CN(C)C(=O)c2nn(C)c3c2CC1CC3. The van der Waals surface area contributed by atoms with Gasteiger partial charge in [-0.25, -0.2) is 4.98 Å². The van der Waals surface area contributed by atoms with Gasteiger partial charge in [-0.15, -0.1) is 0 Å². The summed E-state index contributed by atoms with van der Waals surface area (Å²) in [4.78, 5) is 64.5. The summed E-state index contributed by atoms with van der Waals surface area (Å²) < 4.78 is 1.74. The van der Waals surface area contributed by atoms with E-state index >= 15 is 0 Å². The van der Waals surface area contributed by atoms with Gasteiger partial charge in [-0.2, -0.15) is 5.10 Å². The van der Waals surface area contributed by atoms with Gasteiger partial charge in [-0.1, -0.05) is 13.8 Å². The van der Waals surface area contributed by atoms with Gasteiger partial charge in [-0.3, -0.25) is 23.9 Å². The molecule has 0 spiro atoms. The highest BCUT2D eigenvalue weighted by atomic mass is 16.2. The Kier molecular flexibility index (Phi) is 8.48. The van der Waals surface area contributed by atoms with E-state index in [-0.39, 0.29) is 49.3 Å². The summed E-state index contributed by atoms with van der Waals surface area (Å²) in [7, 11) is 3.42. The number of nitrogens with one attached hydrogen (secondary N) is 2. The van der Waals surface area contributed by atoms with E-state index in [1.54, 1.807) is 11.7 Å². The molecule has 4 amide bonds. The first-order valence-corrected chi connectivity index (χ1v) is 13.3. The number of imidazole rings is 1. The molecule has 1 aliphatic heterocycles. The highest BCUT2D eigenvalue weighted by Crippen LogP contribution is 2.28. The molecule has 0 aromatic carbocycles. The number of H-pyrrole nitrogens is 1. The van der Waals surface area contributed by atoms with Crippen LogP contribution in [0.2, 0.25) is 0 Å². The number of hydrogen-bond donors (Lipinski definition) is 2. The molecule has 1 aliphatic carbocycles. The van der Waals surface area contributed by atoms with Gasteiger partial charge in [0.05, 0.1) is 19.1 Å². The van der Waals surface area contributed by atoms with Crippen molar-refractivity contribution in [3.05, 3.63) is 35.2 Å². The van der Waals surface area contributed by atoms with Crippen LogP contribution >= 0.6 is 0 Å². The lowest BCUT2D eigenvalue weighted by Gasteiger charge is -2.36. The quantitative estimate of drug-likeness (QED) is 0.599. The maximum atomic E-state index is 13.8. The number of carbonyl (C=O) groups is 4. The second-order valence-electron chi connectivity index (χ2n) is 10.6. The molecule has 0 saturated carbocycles. The molecule has 38 heavy (non-hydrogen) atoms. The molecule has 206 valence electrons. The van der Waals surface area contributed by atoms with Crippen molar-refractivity contribution in [1.82, 2.24) is 39.8 Å². The average Bonchev–Trinajstić information content (AvgIpc) is 3.53. The standard InChI is InChI=1S/C26H38N8O4/c1-17(2)8-11-34-18-6-7-21-19(12-18)24(30-32(21)4)26(38)31(3)14-22(35)28-9-5-10-33(15-23(34)36)25(37)20-13-27-16-29-20/h13,16-18H,5-12,14-15H2,1-4H3,(H,27,29)(H,28,35). The van der Waals surface area contributed by atoms with E-state index in [2.05, 4.69) is 34.2 Å². The Bertz CT molecular complexity index is 1170. The zero-order valence-electron chi connectivity index (χ0n) is 22.7. The van der Waals surface area contributed by atoms with Crippen LogP contribution in [0.15, 0.2) is 12.5 Å². The normalized spacial score (nSPS) is 19.8. The number of fused-ring (bicyclic) bond motifs is 1. The molecule has 4 rings (SSSR count). The molecule has 2 bridgehead atoms. The maximum absolute atomic E-state index is 13.8. The van der Waals surface area contributed by atoms with Crippen molar-refractivity contribution >= 4 is 23.6 Å². The first kappa shape index (κ1) is 27.3. The molecule has 0 radical (unpaired) electrons. The molecule has 0 fully saturated rings. The van der Waals surface area contributed by atoms with Gasteiger partial charge in [0, 0.05) is 51.0 Å². The Morgan fingerprint density at radius 3 is 2.68 bits per heavy atom. The van der Waals surface area contributed by atoms with E-state index in [4.69, 9.17) is 0 Å². The Morgan fingerprint density at radius 1 is 1.18 bits per heavy atom. The van der Waals surface area contributed by atoms with Gasteiger partial charge >= 0.3 is 0 Å². The number of aromatic nitrogens is 4. The smallest absolute Gasteiger partial charge is 0.274 e. The van der Waals surface area contributed by atoms with Gasteiger partial charge in [0.2, 0.25) is 11.8 Å². The predicted molar refractivity (Wildman–Crippen MR) is 139 cm³/mol. The summed E-state index contributed by atoms with van der Waals surface area (Å²) in [6.45, 7) is 5.24. The maximum Gasteiger partial charge on any atom is 0.274 e. The van der Waals surface area contributed by atoms with Crippen molar-refractivity contribution < 1.29 is 19.2 Å². The summed E-state index contributed by atoms with van der Waals surface area (Å²) in [5.74, 6) is -0.633. The van der Waals surface area contributed by atoms with Gasteiger partial charge in [0.1, 0.15) is 12.2 Å². The number of aromatic amines is 1. The predicted octanol–water partition coefficient (Wildman–Crippen LogP) is 0.610. The van der Waals surface area contributed by atoms with E-state index < -0.39 is 0 Å². The number of nitrogens with zero attached hydrogens (tertiary/aromatic N) is 6. The van der Waals surface area contributed by atoms with Crippen molar-refractivity contribution in [2.24, 2.45) is 13.0 Å². The minimum atomic E-state index is -0.307. The minimum Gasteiger partial charge on any atom is -0.354 e. The van der Waals surface area contributed by atoms with Gasteiger partial charge < -0.3 is 25.0 Å². The summed E-state index contributed by atoms with van der Waals surface area (Å²) in [5.41, 5.74) is 2.46. The van der Waals surface area contributed by atoms with Crippen molar-refractivity contribution in [3.63, 3.8) is 0 Å². The fourth-order valence-electron chi connectivity index (χ4n) is 5.19. The zero-order valence-corrected chi connectivity index (χ0v) is 22.7. The topological polar surface area (TPSA) is 137 Å². The van der Waals surface area contributed by atoms with Crippen LogP contribution in [0.5, 0.6) is 0 Å². The Morgan fingerprint density at radius 2 is 1.97 bits per heavy atom. The molecule has 1 unspecified atom stereocenters. The average molecular weight is 527 g/mol. The first-order valence-electron chi connectivity index (χ1n) is 13.3. The van der Waals surface area contributed by atoms with Gasteiger partial charge in [-0.05, 0) is 38.0 Å². The van der Waals surface area contributed by atoms with Crippen molar-refractivity contribution in [3.8, 4) is 0 Å². The fourth-order valence-corrected chi connectivity index (χ4v) is 5.19. The lowest BCUT2D eigenvalue weighted by atomic mass is 9.89. The molecular formula is C26H38N8O4. The van der Waals surface area contributed by atoms with Crippen LogP contribution in [0.25, 0.3) is 0 Å². The molecule has 2 aliphatic rings. The van der Waals surface area contributed by atoms with Crippen molar-refractivity contribution in [2.45, 2.75) is 52.0 Å².